The number of ether oxygens (including phenoxy) is 2. The lowest BCUT2D eigenvalue weighted by Crippen LogP contribution is -2.43. The number of morpholine rings is 1. The van der Waals surface area contributed by atoms with E-state index < -0.39 is 0 Å². The number of rotatable bonds is 3. The summed E-state index contributed by atoms with van der Waals surface area (Å²) in [5.41, 5.74) is 1.57. The Morgan fingerprint density at radius 1 is 1.27 bits per heavy atom. The van der Waals surface area contributed by atoms with Crippen LogP contribution in [0.3, 0.4) is 0 Å². The normalized spacial score (nSPS) is 18.1. The van der Waals surface area contributed by atoms with Crippen LogP contribution >= 0.6 is 0 Å². The van der Waals surface area contributed by atoms with Gasteiger partial charge in [-0.2, -0.15) is 0 Å². The smallest absolute Gasteiger partial charge is 0.260 e. The quantitative estimate of drug-likeness (QED) is 0.818. The molecule has 2 heterocycles. The molecule has 6 nitrogen and oxygen atoms in total. The van der Waals surface area contributed by atoms with Crippen LogP contribution in [0.5, 0.6) is 5.75 Å². The fourth-order valence-electron chi connectivity index (χ4n) is 2.79. The fourth-order valence-corrected chi connectivity index (χ4v) is 2.79. The molecule has 22 heavy (non-hydrogen) atoms. The van der Waals surface area contributed by atoms with Crippen molar-refractivity contribution in [1.82, 2.24) is 9.80 Å². The monoisotopic (exact) mass is 304 g/mol. The summed E-state index contributed by atoms with van der Waals surface area (Å²) in [4.78, 5) is 27.7. The summed E-state index contributed by atoms with van der Waals surface area (Å²) in [6.07, 6.45) is 0.749. The van der Waals surface area contributed by atoms with Gasteiger partial charge >= 0.3 is 0 Å². The van der Waals surface area contributed by atoms with Gasteiger partial charge in [0.1, 0.15) is 5.75 Å². The molecule has 0 bridgehead atoms. The molecule has 3 rings (SSSR count). The van der Waals surface area contributed by atoms with Crippen LogP contribution in [-0.4, -0.2) is 68.1 Å². The van der Waals surface area contributed by atoms with Crippen molar-refractivity contribution in [1.29, 1.82) is 0 Å². The molecule has 0 atom stereocenters. The Morgan fingerprint density at radius 3 is 2.82 bits per heavy atom. The van der Waals surface area contributed by atoms with Crippen LogP contribution in [0.15, 0.2) is 18.2 Å². The van der Waals surface area contributed by atoms with Crippen LogP contribution in [0.25, 0.3) is 0 Å². The third kappa shape index (κ3) is 2.92. The predicted octanol–water partition coefficient (Wildman–Crippen LogP) is 0.552. The molecule has 0 unspecified atom stereocenters. The zero-order valence-electron chi connectivity index (χ0n) is 12.7. The lowest BCUT2D eigenvalue weighted by Gasteiger charge is -2.28. The molecule has 1 aromatic carbocycles. The summed E-state index contributed by atoms with van der Waals surface area (Å²) in [6.45, 7) is 3.04. The largest absolute Gasteiger partial charge is 0.483 e. The summed E-state index contributed by atoms with van der Waals surface area (Å²) < 4.78 is 10.9. The Labute approximate surface area is 129 Å². The average Bonchev–Trinajstić information content (AvgIpc) is 2.57. The Bertz CT molecular complexity index is 582. The highest BCUT2D eigenvalue weighted by atomic mass is 16.5. The van der Waals surface area contributed by atoms with Gasteiger partial charge in [0.05, 0.1) is 13.2 Å². The first-order valence-electron chi connectivity index (χ1n) is 7.52. The van der Waals surface area contributed by atoms with Crippen molar-refractivity contribution in [3.05, 3.63) is 29.3 Å². The van der Waals surface area contributed by atoms with E-state index >= 15 is 0 Å². The number of carbonyl (C=O) groups is 2. The summed E-state index contributed by atoms with van der Waals surface area (Å²) in [6, 6.07) is 5.43. The number of fused-ring (bicyclic) bond motifs is 1. The number of carbonyl (C=O) groups excluding carboxylic acids is 2. The average molecular weight is 304 g/mol. The zero-order chi connectivity index (χ0) is 15.5. The van der Waals surface area contributed by atoms with Crippen LogP contribution in [0.4, 0.5) is 0 Å². The van der Waals surface area contributed by atoms with Crippen molar-refractivity contribution in [2.45, 2.75) is 6.42 Å². The summed E-state index contributed by atoms with van der Waals surface area (Å²) >= 11 is 0. The second-order valence-corrected chi connectivity index (χ2v) is 5.54. The number of nitrogens with zero attached hydrogens (tertiary/aromatic N) is 2. The Balaban J connectivity index is 1.68. The minimum absolute atomic E-state index is 0.000479. The molecular formula is C16H20N2O4. The zero-order valence-corrected chi connectivity index (χ0v) is 12.7. The van der Waals surface area contributed by atoms with E-state index in [1.54, 1.807) is 22.9 Å². The third-order valence-corrected chi connectivity index (χ3v) is 4.12. The van der Waals surface area contributed by atoms with Gasteiger partial charge in [-0.15, -0.1) is 0 Å². The molecule has 0 saturated carbocycles. The highest BCUT2D eigenvalue weighted by Crippen LogP contribution is 2.27. The van der Waals surface area contributed by atoms with Gasteiger partial charge in [-0.05, 0) is 18.6 Å². The van der Waals surface area contributed by atoms with E-state index in [0.29, 0.717) is 44.2 Å². The maximum Gasteiger partial charge on any atom is 0.260 e. The van der Waals surface area contributed by atoms with Crippen molar-refractivity contribution in [2.24, 2.45) is 0 Å². The molecule has 0 aromatic heterocycles. The molecule has 2 aliphatic rings. The van der Waals surface area contributed by atoms with E-state index in [4.69, 9.17) is 9.47 Å². The molecule has 1 aromatic rings. The molecule has 118 valence electrons. The van der Waals surface area contributed by atoms with Crippen molar-refractivity contribution in [3.8, 4) is 5.75 Å². The standard InChI is InChI=1S/C16H20N2O4/c1-17-6-5-12-13(16(17)20)3-2-4-14(12)22-11-15(19)18-7-9-21-10-8-18/h2-4H,5-11H2,1H3. The molecule has 6 heteroatoms. The maximum absolute atomic E-state index is 12.1. The van der Waals surface area contributed by atoms with E-state index in [0.717, 1.165) is 12.0 Å². The van der Waals surface area contributed by atoms with E-state index in [1.165, 1.54) is 0 Å². The summed E-state index contributed by atoms with van der Waals surface area (Å²) in [5.74, 6) is 0.604. The van der Waals surface area contributed by atoms with Crippen LogP contribution in [0.2, 0.25) is 0 Å². The molecule has 2 aliphatic heterocycles. The SMILES string of the molecule is CN1CCc2c(OCC(=O)N3CCOCC3)cccc2C1=O. The Kier molecular flexibility index (Phi) is 4.29. The third-order valence-electron chi connectivity index (χ3n) is 4.12. The second kappa shape index (κ2) is 6.36. The lowest BCUT2D eigenvalue weighted by molar-refractivity contribution is -0.137. The van der Waals surface area contributed by atoms with Crippen LogP contribution in [0, 0.1) is 0 Å². The Morgan fingerprint density at radius 2 is 2.05 bits per heavy atom. The second-order valence-electron chi connectivity index (χ2n) is 5.54. The lowest BCUT2D eigenvalue weighted by atomic mass is 9.98. The number of amides is 2. The molecule has 2 amide bonds. The topological polar surface area (TPSA) is 59.1 Å². The predicted molar refractivity (Wildman–Crippen MR) is 80.0 cm³/mol. The molecule has 0 N–H and O–H groups in total. The molecule has 1 fully saturated rings. The maximum atomic E-state index is 12.1. The highest BCUT2D eigenvalue weighted by Gasteiger charge is 2.25. The van der Waals surface area contributed by atoms with Gasteiger partial charge in [-0.25, -0.2) is 0 Å². The van der Waals surface area contributed by atoms with Gasteiger partial charge in [0.25, 0.3) is 11.8 Å². The van der Waals surface area contributed by atoms with E-state index in [1.807, 2.05) is 12.1 Å². The van der Waals surface area contributed by atoms with Gasteiger partial charge < -0.3 is 19.3 Å². The molecule has 1 saturated heterocycles. The van der Waals surface area contributed by atoms with Crippen molar-refractivity contribution in [3.63, 3.8) is 0 Å². The fraction of sp³-hybridized carbons (Fsp3) is 0.500. The van der Waals surface area contributed by atoms with Crippen LogP contribution < -0.4 is 4.74 Å². The van der Waals surface area contributed by atoms with E-state index in [2.05, 4.69) is 0 Å². The number of benzene rings is 1. The van der Waals surface area contributed by atoms with Gasteiger partial charge in [-0.3, -0.25) is 9.59 Å². The van der Waals surface area contributed by atoms with Crippen LogP contribution in [0.1, 0.15) is 15.9 Å². The molecule has 0 aliphatic carbocycles. The van der Waals surface area contributed by atoms with Gasteiger partial charge in [-0.1, -0.05) is 6.07 Å². The molecule has 0 spiro atoms. The van der Waals surface area contributed by atoms with E-state index in [9.17, 15) is 9.59 Å². The highest BCUT2D eigenvalue weighted by molar-refractivity contribution is 5.97. The number of likely N-dealkylation sites (N-methyl/N-ethyl adjacent to an activating group) is 1. The summed E-state index contributed by atoms with van der Waals surface area (Å²) in [5, 5.41) is 0. The van der Waals surface area contributed by atoms with Crippen molar-refractivity contribution in [2.75, 3.05) is 46.5 Å². The molecule has 0 radical (unpaired) electrons. The van der Waals surface area contributed by atoms with Crippen molar-refractivity contribution >= 4 is 11.8 Å². The first-order valence-corrected chi connectivity index (χ1v) is 7.52. The first kappa shape index (κ1) is 14.8. The van der Waals surface area contributed by atoms with Gasteiger partial charge in [0, 0.05) is 37.8 Å². The minimum atomic E-state index is -0.0415. The van der Waals surface area contributed by atoms with Crippen LogP contribution in [-0.2, 0) is 16.0 Å². The number of hydrogen-bond acceptors (Lipinski definition) is 4. The first-order chi connectivity index (χ1) is 10.7. The van der Waals surface area contributed by atoms with Gasteiger partial charge in [0.2, 0.25) is 0 Å². The summed E-state index contributed by atoms with van der Waals surface area (Å²) in [7, 11) is 1.79. The molecular weight excluding hydrogens is 284 g/mol. The van der Waals surface area contributed by atoms with Crippen molar-refractivity contribution < 1.29 is 19.1 Å². The number of hydrogen-bond donors (Lipinski definition) is 0. The van der Waals surface area contributed by atoms with E-state index in [-0.39, 0.29) is 18.4 Å². The Hall–Kier alpha value is -2.08. The minimum Gasteiger partial charge on any atom is -0.483 e. The van der Waals surface area contributed by atoms with Gasteiger partial charge in [0.15, 0.2) is 6.61 Å².